The zero-order chi connectivity index (χ0) is 14.8. The fraction of sp³-hybridized carbons (Fsp3) is 0.333. The van der Waals surface area contributed by atoms with Gasteiger partial charge in [0.05, 0.1) is 10.4 Å². The van der Waals surface area contributed by atoms with Crippen LogP contribution in [0.15, 0.2) is 34.8 Å². The second-order valence-corrected chi connectivity index (χ2v) is 7.66. The van der Waals surface area contributed by atoms with E-state index in [0.29, 0.717) is 5.56 Å². The Kier molecular flexibility index (Phi) is 6.68. The van der Waals surface area contributed by atoms with E-state index in [-0.39, 0.29) is 24.3 Å². The van der Waals surface area contributed by atoms with Crippen molar-refractivity contribution in [1.82, 2.24) is 10.2 Å². The van der Waals surface area contributed by atoms with Crippen LogP contribution < -0.4 is 5.32 Å². The van der Waals surface area contributed by atoms with Gasteiger partial charge in [0.2, 0.25) is 0 Å². The van der Waals surface area contributed by atoms with Gasteiger partial charge >= 0.3 is 0 Å². The number of nitrogens with zero attached hydrogens (tertiary/aromatic N) is 1. The number of thiophene rings is 1. The summed E-state index contributed by atoms with van der Waals surface area (Å²) >= 11 is 11.1. The summed E-state index contributed by atoms with van der Waals surface area (Å²) in [6, 6.07) is 8.92. The van der Waals surface area contributed by atoms with Crippen LogP contribution in [0.1, 0.15) is 16.5 Å². The molecule has 0 aliphatic carbocycles. The smallest absolute Gasteiger partial charge is 0.128 e. The first-order valence-electron chi connectivity index (χ1n) is 6.80. The number of benzene rings is 1. The first kappa shape index (κ1) is 18.2. The molecule has 22 heavy (non-hydrogen) atoms. The van der Waals surface area contributed by atoms with Crippen molar-refractivity contribution in [3.63, 3.8) is 0 Å². The van der Waals surface area contributed by atoms with Crippen LogP contribution in [-0.4, -0.2) is 31.1 Å². The van der Waals surface area contributed by atoms with Gasteiger partial charge in [-0.15, -0.1) is 23.7 Å². The minimum absolute atomic E-state index is 0. The largest absolute Gasteiger partial charge is 0.314 e. The maximum atomic E-state index is 14.4. The molecule has 120 valence electrons. The summed E-state index contributed by atoms with van der Waals surface area (Å²) in [6.07, 6.45) is 0. The lowest BCUT2D eigenvalue weighted by molar-refractivity contribution is 0.197. The summed E-state index contributed by atoms with van der Waals surface area (Å²) in [5.41, 5.74) is 0.699. The average Bonchev–Trinajstić information content (AvgIpc) is 2.90. The van der Waals surface area contributed by atoms with Crippen molar-refractivity contribution in [1.29, 1.82) is 0 Å². The molecule has 2 heterocycles. The highest BCUT2D eigenvalue weighted by Gasteiger charge is 2.27. The zero-order valence-electron chi connectivity index (χ0n) is 11.7. The molecule has 1 aromatic carbocycles. The van der Waals surface area contributed by atoms with E-state index in [2.05, 4.69) is 26.1 Å². The Morgan fingerprint density at radius 3 is 2.59 bits per heavy atom. The number of nitrogens with one attached hydrogen (secondary N) is 1. The molecule has 7 heteroatoms. The van der Waals surface area contributed by atoms with E-state index >= 15 is 0 Å². The number of rotatable bonds is 3. The van der Waals surface area contributed by atoms with Crippen molar-refractivity contribution in [2.24, 2.45) is 0 Å². The summed E-state index contributed by atoms with van der Waals surface area (Å²) in [5, 5.41) is 3.34. The van der Waals surface area contributed by atoms with Gasteiger partial charge < -0.3 is 5.32 Å². The molecule has 1 fully saturated rings. The quantitative estimate of drug-likeness (QED) is 0.765. The van der Waals surface area contributed by atoms with Crippen LogP contribution in [0.4, 0.5) is 4.39 Å². The Labute approximate surface area is 153 Å². The van der Waals surface area contributed by atoms with Crippen LogP contribution in [-0.2, 0) is 0 Å². The maximum absolute atomic E-state index is 14.4. The molecule has 1 saturated heterocycles. The van der Waals surface area contributed by atoms with E-state index in [1.165, 1.54) is 17.4 Å². The molecule has 3 rings (SSSR count). The van der Waals surface area contributed by atoms with Crippen LogP contribution in [0.2, 0.25) is 4.34 Å². The van der Waals surface area contributed by atoms with E-state index in [1.807, 2.05) is 18.2 Å². The molecule has 2 aromatic rings. The summed E-state index contributed by atoms with van der Waals surface area (Å²) in [5.74, 6) is -0.175. The Morgan fingerprint density at radius 2 is 1.95 bits per heavy atom. The van der Waals surface area contributed by atoms with Crippen molar-refractivity contribution in [3.8, 4) is 0 Å². The van der Waals surface area contributed by atoms with E-state index in [0.717, 1.165) is 39.9 Å². The van der Waals surface area contributed by atoms with Crippen LogP contribution in [0, 0.1) is 5.82 Å². The molecule has 0 radical (unpaired) electrons. The van der Waals surface area contributed by atoms with Gasteiger partial charge in [0.15, 0.2) is 0 Å². The molecule has 0 amide bonds. The zero-order valence-corrected chi connectivity index (χ0v) is 15.7. The first-order chi connectivity index (χ1) is 10.1. The molecule has 1 atom stereocenters. The first-order valence-corrected chi connectivity index (χ1v) is 8.79. The van der Waals surface area contributed by atoms with Gasteiger partial charge in [0.1, 0.15) is 5.82 Å². The van der Waals surface area contributed by atoms with Gasteiger partial charge in [-0.05, 0) is 30.3 Å². The van der Waals surface area contributed by atoms with Crippen molar-refractivity contribution >= 4 is 51.3 Å². The van der Waals surface area contributed by atoms with Gasteiger partial charge in [0.25, 0.3) is 0 Å². The molecule has 1 N–H and O–H groups in total. The molecule has 1 aromatic heterocycles. The maximum Gasteiger partial charge on any atom is 0.128 e. The second-order valence-electron chi connectivity index (χ2n) is 5.00. The Hall–Kier alpha value is -0.170. The summed E-state index contributed by atoms with van der Waals surface area (Å²) in [4.78, 5) is 3.39. The lowest BCUT2D eigenvalue weighted by Crippen LogP contribution is -2.45. The van der Waals surface area contributed by atoms with Crippen molar-refractivity contribution in [3.05, 3.63) is 55.4 Å². The SMILES string of the molecule is Cl.Fc1ccc(Br)cc1[C@H](c1ccc(Cl)s1)N1CCNCC1. The van der Waals surface area contributed by atoms with Gasteiger partial charge in [-0.2, -0.15) is 0 Å². The lowest BCUT2D eigenvalue weighted by atomic mass is 10.0. The van der Waals surface area contributed by atoms with Gasteiger partial charge in [-0.25, -0.2) is 4.39 Å². The topological polar surface area (TPSA) is 15.3 Å². The van der Waals surface area contributed by atoms with Crippen molar-refractivity contribution in [2.75, 3.05) is 26.2 Å². The lowest BCUT2D eigenvalue weighted by Gasteiger charge is -2.35. The summed E-state index contributed by atoms with van der Waals surface area (Å²) in [7, 11) is 0. The minimum Gasteiger partial charge on any atom is -0.314 e. The molecule has 0 saturated carbocycles. The summed E-state index contributed by atoms with van der Waals surface area (Å²) in [6.45, 7) is 3.63. The summed E-state index contributed by atoms with van der Waals surface area (Å²) < 4.78 is 16.0. The molecular formula is C15H16BrCl2FN2S. The van der Waals surface area contributed by atoms with Gasteiger partial charge in [-0.3, -0.25) is 4.90 Å². The van der Waals surface area contributed by atoms with Crippen LogP contribution in [0.25, 0.3) is 0 Å². The molecule has 1 aliphatic heterocycles. The average molecular weight is 426 g/mol. The van der Waals surface area contributed by atoms with E-state index < -0.39 is 0 Å². The normalized spacial score (nSPS) is 17.0. The number of hydrogen-bond acceptors (Lipinski definition) is 3. The molecular weight excluding hydrogens is 410 g/mol. The number of piperazine rings is 1. The molecule has 0 bridgehead atoms. The molecule has 0 unspecified atom stereocenters. The molecule has 2 nitrogen and oxygen atoms in total. The Balaban J connectivity index is 0.00000176. The van der Waals surface area contributed by atoms with E-state index in [1.54, 1.807) is 6.07 Å². The highest BCUT2D eigenvalue weighted by Crippen LogP contribution is 2.37. The van der Waals surface area contributed by atoms with Gasteiger partial charge in [-0.1, -0.05) is 27.5 Å². The van der Waals surface area contributed by atoms with Crippen LogP contribution >= 0.6 is 51.3 Å². The number of hydrogen-bond donors (Lipinski definition) is 1. The third-order valence-electron chi connectivity index (χ3n) is 3.63. The Bertz CT molecular complexity index is 632. The van der Waals surface area contributed by atoms with Gasteiger partial charge in [0, 0.05) is 41.1 Å². The third-order valence-corrected chi connectivity index (χ3v) is 5.41. The number of halogens is 4. The van der Waals surface area contributed by atoms with E-state index in [4.69, 9.17) is 11.6 Å². The Morgan fingerprint density at radius 1 is 1.23 bits per heavy atom. The predicted octanol–water partition coefficient (Wildman–Crippen LogP) is 4.72. The molecule has 1 aliphatic rings. The molecule has 0 spiro atoms. The predicted molar refractivity (Wildman–Crippen MR) is 97.0 cm³/mol. The fourth-order valence-electron chi connectivity index (χ4n) is 2.67. The minimum atomic E-state index is -0.175. The highest BCUT2D eigenvalue weighted by atomic mass is 79.9. The highest BCUT2D eigenvalue weighted by molar-refractivity contribution is 9.10. The monoisotopic (exact) mass is 424 g/mol. The third kappa shape index (κ3) is 4.02. The second kappa shape index (κ2) is 8.08. The fourth-order valence-corrected chi connectivity index (χ4v) is 4.26. The van der Waals surface area contributed by atoms with E-state index in [9.17, 15) is 4.39 Å². The standard InChI is InChI=1S/C15H15BrClFN2S.ClH/c16-10-1-2-12(18)11(9-10)15(13-3-4-14(17)21-13)20-7-5-19-6-8-20;/h1-4,9,15,19H,5-8H2;1H/t15-;/m1./s1. The van der Waals surface area contributed by atoms with Crippen molar-refractivity contribution < 1.29 is 4.39 Å². The van der Waals surface area contributed by atoms with Crippen LogP contribution in [0.3, 0.4) is 0 Å². The van der Waals surface area contributed by atoms with Crippen LogP contribution in [0.5, 0.6) is 0 Å². The van der Waals surface area contributed by atoms with Crippen molar-refractivity contribution in [2.45, 2.75) is 6.04 Å².